The van der Waals surface area contributed by atoms with Gasteiger partial charge in [-0.3, -0.25) is 0 Å². The van der Waals surface area contributed by atoms with E-state index in [0.717, 1.165) is 0 Å². The van der Waals surface area contributed by atoms with Crippen molar-refractivity contribution in [3.8, 4) is 11.3 Å². The van der Waals surface area contributed by atoms with Crippen LogP contribution in [0, 0.1) is 11.3 Å². The summed E-state index contributed by atoms with van der Waals surface area (Å²) in [6, 6.07) is -0.363. The zero-order valence-electron chi connectivity index (χ0n) is 9.84. The Kier molecular flexibility index (Phi) is 3.69. The van der Waals surface area contributed by atoms with Crippen LogP contribution < -0.4 is 0 Å². The molecule has 0 saturated carbocycles. The van der Waals surface area contributed by atoms with Crippen LogP contribution in [0.5, 0.6) is 0 Å². The van der Waals surface area contributed by atoms with Gasteiger partial charge in [0.2, 0.25) is 0 Å². The van der Waals surface area contributed by atoms with Crippen LogP contribution in [-0.2, 0) is 18.9 Å². The van der Waals surface area contributed by atoms with Gasteiger partial charge in [0.15, 0.2) is 5.60 Å². The molecule has 0 amide bonds. The molecule has 5 nitrogen and oxygen atoms in total. The first kappa shape index (κ1) is 13.2. The average molecular weight is 260 g/mol. The van der Waals surface area contributed by atoms with E-state index in [4.69, 9.17) is 30.5 Å². The van der Waals surface area contributed by atoms with E-state index in [1.807, 2.05) is 0 Å². The van der Waals surface area contributed by atoms with Crippen molar-refractivity contribution in [2.24, 2.45) is 0 Å². The fourth-order valence-corrected chi connectivity index (χ4v) is 2.43. The molecule has 2 aliphatic rings. The summed E-state index contributed by atoms with van der Waals surface area (Å²) in [6.07, 6.45) is -1.72. The molecule has 94 valence electrons. The predicted molar refractivity (Wildman–Crippen MR) is 62.0 cm³/mol. The highest BCUT2D eigenvalue weighted by Gasteiger charge is 2.63. The van der Waals surface area contributed by atoms with Gasteiger partial charge in [0, 0.05) is 12.5 Å². The van der Waals surface area contributed by atoms with Crippen LogP contribution >= 0.6 is 11.6 Å². The summed E-state index contributed by atoms with van der Waals surface area (Å²) in [6.45, 7) is 0.815. The molecule has 0 aromatic rings. The third-order valence-electron chi connectivity index (χ3n) is 3.15. The first-order valence-electron chi connectivity index (χ1n) is 5.37. The normalized spacial score (nSPS) is 46.1. The van der Waals surface area contributed by atoms with Gasteiger partial charge in [-0.25, -0.2) is 0 Å². The molecule has 0 aliphatic carbocycles. The Bertz CT molecular complexity index is 354. The number of fused-ring (bicyclic) bond motifs is 1. The molecule has 1 N–H and O–H groups in total. The fourth-order valence-electron chi connectivity index (χ4n) is 2.28. The van der Waals surface area contributed by atoms with Crippen molar-refractivity contribution >= 4 is 19.4 Å². The molecule has 0 radical (unpaired) electrons. The summed E-state index contributed by atoms with van der Waals surface area (Å²) in [7, 11) is 3.27. The van der Waals surface area contributed by atoms with Gasteiger partial charge in [-0.05, 0) is 24.4 Å². The molecule has 3 unspecified atom stereocenters. The molecule has 6 atom stereocenters. The second-order valence-corrected chi connectivity index (χ2v) is 4.38. The fraction of sp³-hybridized carbons (Fsp3) is 0.800. The maximum Gasteiger partial charge on any atom is 0.273 e. The molecule has 2 aliphatic heterocycles. The summed E-state index contributed by atoms with van der Waals surface area (Å²) in [4.78, 5) is 0. The van der Waals surface area contributed by atoms with E-state index in [-0.39, 0.29) is 6.00 Å². The van der Waals surface area contributed by atoms with Crippen molar-refractivity contribution in [2.45, 2.75) is 43.3 Å². The lowest BCUT2D eigenvalue weighted by molar-refractivity contribution is -0.255. The quantitative estimate of drug-likeness (QED) is 0.510. The average Bonchev–Trinajstić information content (AvgIpc) is 2.75. The van der Waals surface area contributed by atoms with E-state index >= 15 is 0 Å². The molecule has 0 aromatic carbocycles. The molecule has 0 aromatic heterocycles. The minimum Gasteiger partial charge on any atom is -0.391 e. The summed E-state index contributed by atoms with van der Waals surface area (Å²) in [5, 5.41) is 12.0. The monoisotopic (exact) mass is 260 g/mol. The number of methoxy groups -OCH3 is 1. The van der Waals surface area contributed by atoms with Gasteiger partial charge in [0.1, 0.15) is 20.1 Å². The first-order chi connectivity index (χ1) is 8.05. The van der Waals surface area contributed by atoms with Crippen LogP contribution in [-0.4, -0.2) is 56.5 Å². The highest BCUT2D eigenvalue weighted by molar-refractivity contribution is 6.30. The van der Waals surface area contributed by atoms with Gasteiger partial charge in [0.05, 0.1) is 12.1 Å². The number of halogens is 1. The molecule has 2 heterocycles. The first-order valence-corrected chi connectivity index (χ1v) is 5.75. The van der Waals surface area contributed by atoms with Crippen LogP contribution in [0.4, 0.5) is 0 Å². The molecular formula is C10H14BClO5. The number of aliphatic hydroxyl groups is 1. The molecular weight excluding hydrogens is 246 g/mol. The minimum absolute atomic E-state index is 0.363. The minimum atomic E-state index is -0.982. The Balaban J connectivity index is 2.33. The van der Waals surface area contributed by atoms with Crippen molar-refractivity contribution in [3.63, 3.8) is 0 Å². The Hall–Kier alpha value is -0.285. The molecule has 17 heavy (non-hydrogen) atoms. The highest BCUT2D eigenvalue weighted by Crippen LogP contribution is 2.42. The Morgan fingerprint density at radius 3 is 2.76 bits per heavy atom. The van der Waals surface area contributed by atoms with Gasteiger partial charge >= 0.3 is 0 Å². The lowest BCUT2D eigenvalue weighted by atomic mass is 9.80. The Morgan fingerprint density at radius 2 is 2.24 bits per heavy atom. The van der Waals surface area contributed by atoms with Gasteiger partial charge in [0.25, 0.3) is 6.48 Å². The zero-order chi connectivity index (χ0) is 12.6. The number of hydrogen-bond acceptors (Lipinski definition) is 5. The van der Waals surface area contributed by atoms with Gasteiger partial charge in [-0.15, -0.1) is 0 Å². The maximum atomic E-state index is 9.68. The van der Waals surface area contributed by atoms with Gasteiger partial charge < -0.3 is 24.1 Å². The molecule has 0 spiro atoms. The SMILES string of the molecule is B[C@@H]1O[C@H](C(C)O)C2OC(OC)O[C@]21C#CCl. The number of ether oxygens (including phenoxy) is 4. The lowest BCUT2D eigenvalue weighted by Crippen LogP contribution is -2.46. The summed E-state index contributed by atoms with van der Waals surface area (Å²) in [5.41, 5.74) is -0.982. The van der Waals surface area contributed by atoms with Crippen LogP contribution in [0.15, 0.2) is 0 Å². The third kappa shape index (κ3) is 1.97. The predicted octanol–water partition coefficient (Wildman–Crippen LogP) is -0.991. The number of hydrogen-bond donors (Lipinski definition) is 1. The third-order valence-corrected chi connectivity index (χ3v) is 3.24. The van der Waals surface area contributed by atoms with Gasteiger partial charge in [-0.1, -0.05) is 0 Å². The summed E-state index contributed by atoms with van der Waals surface area (Å²) < 4.78 is 21.8. The van der Waals surface area contributed by atoms with E-state index < -0.39 is 30.4 Å². The van der Waals surface area contributed by atoms with Crippen LogP contribution in [0.2, 0.25) is 0 Å². The Labute approximate surface area is 106 Å². The highest BCUT2D eigenvalue weighted by atomic mass is 35.5. The van der Waals surface area contributed by atoms with Crippen molar-refractivity contribution in [3.05, 3.63) is 0 Å². The number of aliphatic hydroxyl groups excluding tert-OH is 1. The van der Waals surface area contributed by atoms with E-state index in [1.54, 1.807) is 14.8 Å². The van der Waals surface area contributed by atoms with Crippen molar-refractivity contribution < 1.29 is 24.1 Å². The second kappa shape index (κ2) is 4.77. The molecule has 0 bridgehead atoms. The van der Waals surface area contributed by atoms with Crippen LogP contribution in [0.1, 0.15) is 6.92 Å². The van der Waals surface area contributed by atoms with Crippen molar-refractivity contribution in [1.29, 1.82) is 0 Å². The lowest BCUT2D eigenvalue weighted by Gasteiger charge is -2.23. The number of rotatable bonds is 2. The van der Waals surface area contributed by atoms with E-state index in [2.05, 4.69) is 11.3 Å². The second-order valence-electron chi connectivity index (χ2n) is 4.20. The van der Waals surface area contributed by atoms with Crippen molar-refractivity contribution in [1.82, 2.24) is 0 Å². The topological polar surface area (TPSA) is 57.2 Å². The molecule has 2 fully saturated rings. The van der Waals surface area contributed by atoms with Crippen molar-refractivity contribution in [2.75, 3.05) is 7.11 Å². The van der Waals surface area contributed by atoms with E-state index in [0.29, 0.717) is 0 Å². The molecule has 2 saturated heterocycles. The van der Waals surface area contributed by atoms with E-state index in [1.165, 1.54) is 7.11 Å². The molecule has 2 rings (SSSR count). The summed E-state index contributed by atoms with van der Waals surface area (Å²) in [5.74, 6) is 2.77. The van der Waals surface area contributed by atoms with E-state index in [9.17, 15) is 5.11 Å². The largest absolute Gasteiger partial charge is 0.391 e. The maximum absolute atomic E-state index is 9.68. The zero-order valence-corrected chi connectivity index (χ0v) is 10.6. The smallest absolute Gasteiger partial charge is 0.273 e. The Morgan fingerprint density at radius 1 is 1.53 bits per heavy atom. The van der Waals surface area contributed by atoms with Gasteiger partial charge in [-0.2, -0.15) is 0 Å². The standard InChI is InChI=1S/C10H14BClO5/c1-5(13)6-7-10(3-4-12,8(11)15-6)17-9(14-2)16-7/h5-9,13H,11H2,1-2H3/t5?,6-,7?,8-,9?,10-/m1/s1. The summed E-state index contributed by atoms with van der Waals surface area (Å²) >= 11 is 5.47. The van der Waals surface area contributed by atoms with Crippen LogP contribution in [0.3, 0.4) is 0 Å². The molecule has 7 heteroatoms. The van der Waals surface area contributed by atoms with Crippen LogP contribution in [0.25, 0.3) is 0 Å².